The SMILES string of the molecule is O=C(c1ccc2c(c1)[C@H]1C=CC[C@H]1[C@@H](c1cccc([N+](=O)[O-])c1)N2)N1CCCCC1. The summed E-state index contributed by atoms with van der Waals surface area (Å²) in [6, 6.07) is 12.9. The number of carbonyl (C=O) groups excluding carboxylic acids is 1. The number of likely N-dealkylation sites (tertiary alicyclic amines) is 1. The number of benzene rings is 2. The van der Waals surface area contributed by atoms with Gasteiger partial charge in [-0.2, -0.15) is 0 Å². The summed E-state index contributed by atoms with van der Waals surface area (Å²) in [6.45, 7) is 1.68. The number of amides is 1. The predicted octanol–water partition coefficient (Wildman–Crippen LogP) is 5.05. The largest absolute Gasteiger partial charge is 0.378 e. The fraction of sp³-hybridized carbons (Fsp3) is 0.375. The van der Waals surface area contributed by atoms with Crippen molar-refractivity contribution in [1.29, 1.82) is 0 Å². The van der Waals surface area contributed by atoms with Gasteiger partial charge in [0, 0.05) is 42.4 Å². The van der Waals surface area contributed by atoms with Gasteiger partial charge < -0.3 is 10.2 Å². The molecule has 2 aromatic rings. The van der Waals surface area contributed by atoms with E-state index in [0.29, 0.717) is 0 Å². The number of nitrogens with zero attached hydrogens (tertiary/aromatic N) is 2. The Balaban J connectivity index is 1.47. The number of allylic oxidation sites excluding steroid dienone is 2. The predicted molar refractivity (Wildman–Crippen MR) is 116 cm³/mol. The third kappa shape index (κ3) is 3.26. The summed E-state index contributed by atoms with van der Waals surface area (Å²) in [5, 5.41) is 14.8. The Morgan fingerprint density at radius 1 is 1.10 bits per heavy atom. The van der Waals surface area contributed by atoms with E-state index in [4.69, 9.17) is 0 Å². The van der Waals surface area contributed by atoms with Gasteiger partial charge >= 0.3 is 0 Å². The fourth-order valence-corrected chi connectivity index (χ4v) is 5.17. The number of nitrogens with one attached hydrogen (secondary N) is 1. The lowest BCUT2D eigenvalue weighted by molar-refractivity contribution is -0.384. The van der Waals surface area contributed by atoms with Gasteiger partial charge in [-0.15, -0.1) is 0 Å². The monoisotopic (exact) mass is 403 g/mol. The van der Waals surface area contributed by atoms with Crippen LogP contribution in [0, 0.1) is 16.0 Å². The average molecular weight is 403 g/mol. The molecule has 6 heteroatoms. The molecule has 1 aliphatic carbocycles. The van der Waals surface area contributed by atoms with E-state index in [1.807, 2.05) is 23.1 Å². The molecule has 1 N–H and O–H groups in total. The zero-order valence-electron chi connectivity index (χ0n) is 16.8. The van der Waals surface area contributed by atoms with Crippen LogP contribution in [0.1, 0.15) is 59.1 Å². The van der Waals surface area contributed by atoms with Crippen molar-refractivity contribution < 1.29 is 9.72 Å². The Bertz CT molecular complexity index is 1030. The van der Waals surface area contributed by atoms with E-state index in [1.54, 1.807) is 12.1 Å². The molecule has 154 valence electrons. The van der Waals surface area contributed by atoms with Gasteiger partial charge in [0.25, 0.3) is 11.6 Å². The highest BCUT2D eigenvalue weighted by atomic mass is 16.6. The van der Waals surface area contributed by atoms with Crippen molar-refractivity contribution in [2.45, 2.75) is 37.6 Å². The number of nitro groups is 1. The second-order valence-corrected chi connectivity index (χ2v) is 8.48. The maximum Gasteiger partial charge on any atom is 0.269 e. The molecule has 2 aromatic carbocycles. The number of non-ortho nitro benzene ring substituents is 1. The molecule has 1 amide bonds. The van der Waals surface area contributed by atoms with E-state index in [2.05, 4.69) is 23.5 Å². The van der Waals surface area contributed by atoms with Gasteiger partial charge in [-0.3, -0.25) is 14.9 Å². The molecule has 0 aromatic heterocycles. The average Bonchev–Trinajstić information content (AvgIpc) is 3.29. The molecule has 3 atom stereocenters. The maximum absolute atomic E-state index is 13.0. The third-order valence-electron chi connectivity index (χ3n) is 6.69. The van der Waals surface area contributed by atoms with Crippen LogP contribution in [0.3, 0.4) is 0 Å². The van der Waals surface area contributed by atoms with Crippen molar-refractivity contribution in [3.8, 4) is 0 Å². The van der Waals surface area contributed by atoms with Crippen molar-refractivity contribution in [3.05, 3.63) is 81.4 Å². The van der Waals surface area contributed by atoms with E-state index in [1.165, 1.54) is 12.5 Å². The first-order valence-corrected chi connectivity index (χ1v) is 10.7. The van der Waals surface area contributed by atoms with Crippen molar-refractivity contribution in [2.75, 3.05) is 18.4 Å². The van der Waals surface area contributed by atoms with Crippen molar-refractivity contribution in [3.63, 3.8) is 0 Å². The number of anilines is 1. The highest BCUT2D eigenvalue weighted by Gasteiger charge is 2.38. The van der Waals surface area contributed by atoms with Gasteiger partial charge in [-0.1, -0.05) is 24.3 Å². The zero-order chi connectivity index (χ0) is 20.7. The molecule has 6 nitrogen and oxygen atoms in total. The summed E-state index contributed by atoms with van der Waals surface area (Å²) in [5.74, 6) is 0.608. The minimum atomic E-state index is -0.344. The Morgan fingerprint density at radius 3 is 2.73 bits per heavy atom. The minimum Gasteiger partial charge on any atom is -0.378 e. The minimum absolute atomic E-state index is 0.000969. The molecular formula is C24H25N3O3. The van der Waals surface area contributed by atoms with Crippen LogP contribution in [0.15, 0.2) is 54.6 Å². The van der Waals surface area contributed by atoms with E-state index in [0.717, 1.165) is 54.7 Å². The first-order chi connectivity index (χ1) is 14.6. The van der Waals surface area contributed by atoms with Gasteiger partial charge in [-0.25, -0.2) is 0 Å². The Kier molecular flexibility index (Phi) is 4.77. The summed E-state index contributed by atoms with van der Waals surface area (Å²) in [7, 11) is 0. The molecule has 0 spiro atoms. The third-order valence-corrected chi connectivity index (χ3v) is 6.69. The number of fused-ring (bicyclic) bond motifs is 3. The molecule has 0 bridgehead atoms. The van der Waals surface area contributed by atoms with E-state index >= 15 is 0 Å². The number of nitro benzene ring substituents is 1. The van der Waals surface area contributed by atoms with E-state index in [9.17, 15) is 14.9 Å². The molecule has 2 heterocycles. The topological polar surface area (TPSA) is 75.5 Å². The van der Waals surface area contributed by atoms with Crippen LogP contribution in [0.25, 0.3) is 0 Å². The summed E-state index contributed by atoms with van der Waals surface area (Å²) in [5.41, 5.74) is 3.96. The quantitative estimate of drug-likeness (QED) is 0.442. The van der Waals surface area contributed by atoms with E-state index in [-0.39, 0.29) is 34.4 Å². The number of hydrogen-bond donors (Lipinski definition) is 1. The number of piperidine rings is 1. The van der Waals surface area contributed by atoms with Crippen LogP contribution < -0.4 is 5.32 Å². The van der Waals surface area contributed by atoms with Gasteiger partial charge in [-0.05, 0) is 60.9 Å². The lowest BCUT2D eigenvalue weighted by Crippen LogP contribution is -2.36. The number of rotatable bonds is 3. The van der Waals surface area contributed by atoms with Crippen LogP contribution in [0.4, 0.5) is 11.4 Å². The maximum atomic E-state index is 13.0. The summed E-state index contributed by atoms with van der Waals surface area (Å²) in [4.78, 5) is 25.8. The van der Waals surface area contributed by atoms with Crippen LogP contribution in [0.5, 0.6) is 0 Å². The van der Waals surface area contributed by atoms with E-state index < -0.39 is 0 Å². The van der Waals surface area contributed by atoms with Crippen LogP contribution >= 0.6 is 0 Å². The van der Waals surface area contributed by atoms with Crippen LogP contribution in [-0.2, 0) is 0 Å². The Morgan fingerprint density at radius 2 is 1.93 bits per heavy atom. The van der Waals surface area contributed by atoms with Crippen LogP contribution in [-0.4, -0.2) is 28.8 Å². The summed E-state index contributed by atoms with van der Waals surface area (Å²) < 4.78 is 0. The van der Waals surface area contributed by atoms with Crippen LogP contribution in [0.2, 0.25) is 0 Å². The lowest BCUT2D eigenvalue weighted by Gasteiger charge is -2.38. The molecule has 0 radical (unpaired) electrons. The van der Waals surface area contributed by atoms with Gasteiger partial charge in [0.05, 0.1) is 11.0 Å². The molecule has 0 saturated carbocycles. The summed E-state index contributed by atoms with van der Waals surface area (Å²) in [6.07, 6.45) is 8.69. The molecule has 1 fully saturated rings. The van der Waals surface area contributed by atoms with Gasteiger partial charge in [0.2, 0.25) is 0 Å². The number of hydrogen-bond acceptors (Lipinski definition) is 4. The fourth-order valence-electron chi connectivity index (χ4n) is 5.17. The first kappa shape index (κ1) is 18.9. The van der Waals surface area contributed by atoms with Crippen molar-refractivity contribution in [1.82, 2.24) is 4.90 Å². The molecule has 5 rings (SSSR count). The molecule has 0 unspecified atom stereocenters. The molecular weight excluding hydrogens is 378 g/mol. The van der Waals surface area contributed by atoms with Gasteiger partial charge in [0.15, 0.2) is 0 Å². The highest BCUT2D eigenvalue weighted by molar-refractivity contribution is 5.95. The molecule has 30 heavy (non-hydrogen) atoms. The Hall–Kier alpha value is -3.15. The normalized spacial score (nSPS) is 24.7. The second kappa shape index (κ2) is 7.59. The first-order valence-electron chi connectivity index (χ1n) is 10.7. The molecule has 1 saturated heterocycles. The smallest absolute Gasteiger partial charge is 0.269 e. The molecule has 3 aliphatic rings. The van der Waals surface area contributed by atoms with Crippen molar-refractivity contribution in [2.24, 2.45) is 5.92 Å². The van der Waals surface area contributed by atoms with Gasteiger partial charge in [0.1, 0.15) is 0 Å². The van der Waals surface area contributed by atoms with Crippen molar-refractivity contribution >= 4 is 17.3 Å². The second-order valence-electron chi connectivity index (χ2n) is 8.48. The summed E-state index contributed by atoms with van der Waals surface area (Å²) >= 11 is 0. The lowest BCUT2D eigenvalue weighted by atomic mass is 9.76. The number of carbonyl (C=O) groups is 1. The Labute approximate surface area is 175 Å². The standard InChI is InChI=1S/C24H25N3O3/c28-24(26-12-2-1-3-13-26)17-10-11-22-21(15-17)19-8-5-9-20(19)23(25-22)16-6-4-7-18(14-16)27(29)30/h4-8,10-11,14-15,19-20,23,25H,1-3,9,12-13H2/t19-,20+,23+/m0/s1. The zero-order valence-corrected chi connectivity index (χ0v) is 16.8. The molecule has 2 aliphatic heterocycles. The highest BCUT2D eigenvalue weighted by Crippen LogP contribution is 2.50.